The van der Waals surface area contributed by atoms with Gasteiger partial charge in [-0.05, 0) is 48.2 Å². The van der Waals surface area contributed by atoms with Crippen molar-refractivity contribution in [2.75, 3.05) is 41.3 Å². The van der Waals surface area contributed by atoms with Gasteiger partial charge in [-0.3, -0.25) is 0 Å². The van der Waals surface area contributed by atoms with E-state index in [0.29, 0.717) is 35.0 Å². The van der Waals surface area contributed by atoms with E-state index in [4.69, 9.17) is 28.4 Å². The maximum atomic E-state index is 12.5. The van der Waals surface area contributed by atoms with Crippen LogP contribution in [0.25, 0.3) is 0 Å². The van der Waals surface area contributed by atoms with Crippen LogP contribution in [0.15, 0.2) is 41.8 Å². The number of hydrogen-bond acceptors (Lipinski definition) is 8. The average Bonchev–Trinajstić information content (AvgIpc) is 3.30. The fraction of sp³-hybridized carbons (Fsp3) is 0.417. The molecule has 1 heterocycles. The number of hydrogen-bond donors (Lipinski definition) is 0. The first-order valence-electron chi connectivity index (χ1n) is 10.4. The second-order valence-electron chi connectivity index (χ2n) is 7.57. The van der Waals surface area contributed by atoms with Crippen LogP contribution in [0.2, 0.25) is 0 Å². The van der Waals surface area contributed by atoms with Gasteiger partial charge in [-0.2, -0.15) is 0 Å². The Morgan fingerprint density at radius 1 is 0.879 bits per heavy atom. The third-order valence-electron chi connectivity index (χ3n) is 5.46. The highest BCUT2D eigenvalue weighted by Gasteiger charge is 2.32. The van der Waals surface area contributed by atoms with Crippen molar-refractivity contribution in [1.82, 2.24) is 0 Å². The summed E-state index contributed by atoms with van der Waals surface area (Å²) in [7, 11) is 2.57. The molecule has 0 spiro atoms. The zero-order chi connectivity index (χ0) is 24.2. The van der Waals surface area contributed by atoms with Crippen molar-refractivity contribution in [3.63, 3.8) is 0 Å². The molecule has 0 saturated carbocycles. The number of sulfone groups is 1. The van der Waals surface area contributed by atoms with Crippen LogP contribution in [-0.4, -0.2) is 49.7 Å². The van der Waals surface area contributed by atoms with Gasteiger partial charge in [0, 0.05) is 6.26 Å². The molecule has 1 fully saturated rings. The molecule has 0 bridgehead atoms. The van der Waals surface area contributed by atoms with Crippen LogP contribution in [0.5, 0.6) is 28.7 Å². The molecular weight excluding hydrogens is 448 g/mol. The fourth-order valence-corrected chi connectivity index (χ4v) is 4.76. The minimum atomic E-state index is -3.58. The van der Waals surface area contributed by atoms with Crippen molar-refractivity contribution < 1.29 is 36.8 Å². The second-order valence-corrected chi connectivity index (χ2v) is 9.56. The summed E-state index contributed by atoms with van der Waals surface area (Å²) in [6.45, 7) is 3.77. The van der Waals surface area contributed by atoms with Gasteiger partial charge in [0.15, 0.2) is 32.8 Å². The molecule has 1 aliphatic heterocycles. The number of ether oxygens (including phenoxy) is 6. The number of methoxy groups -OCH3 is 4. The smallest absolute Gasteiger partial charge is 0.203 e. The normalized spacial score (nSPS) is 18.0. The van der Waals surface area contributed by atoms with E-state index in [-0.39, 0.29) is 29.5 Å². The predicted molar refractivity (Wildman–Crippen MR) is 124 cm³/mol. The predicted octanol–water partition coefficient (Wildman–Crippen LogP) is 4.28. The van der Waals surface area contributed by atoms with Crippen molar-refractivity contribution >= 4 is 9.84 Å². The molecule has 0 radical (unpaired) electrons. The monoisotopic (exact) mass is 478 g/mol. The Hall–Kier alpha value is -2.91. The molecule has 9 heteroatoms. The van der Waals surface area contributed by atoms with E-state index in [9.17, 15) is 8.42 Å². The molecule has 2 atom stereocenters. The first kappa shape index (κ1) is 24.7. The molecule has 1 saturated heterocycles. The summed E-state index contributed by atoms with van der Waals surface area (Å²) in [6, 6.07) is 7.08. The quantitative estimate of drug-likeness (QED) is 0.468. The highest BCUT2D eigenvalue weighted by Crippen LogP contribution is 2.47. The highest BCUT2D eigenvalue weighted by atomic mass is 32.2. The molecule has 1 aliphatic rings. The molecule has 0 amide bonds. The summed E-state index contributed by atoms with van der Waals surface area (Å²) in [4.78, 5) is 0.0542. The Morgan fingerprint density at radius 2 is 1.36 bits per heavy atom. The standard InChI is InChI=1S/C24H30O8S/c1-7-10-31-24-21(29-4)13-16(14-22(24)33(6,25)26)18-9-8-17(32-18)15-11-19(27-2)23(30-5)20(12-15)28-3/h7,11-14,17-18H,1,8-10H2,2-6H3/t17-,18-/m0/s1. The summed E-state index contributed by atoms with van der Waals surface area (Å²) in [5.74, 6) is 2.10. The van der Waals surface area contributed by atoms with Crippen LogP contribution in [0.4, 0.5) is 0 Å². The van der Waals surface area contributed by atoms with E-state index in [2.05, 4.69) is 6.58 Å². The second kappa shape index (κ2) is 10.4. The van der Waals surface area contributed by atoms with E-state index < -0.39 is 9.84 Å². The highest BCUT2D eigenvalue weighted by molar-refractivity contribution is 7.90. The van der Waals surface area contributed by atoms with Gasteiger partial charge in [-0.1, -0.05) is 12.7 Å². The lowest BCUT2D eigenvalue weighted by Crippen LogP contribution is -2.08. The van der Waals surface area contributed by atoms with E-state index in [1.54, 1.807) is 39.5 Å². The first-order chi connectivity index (χ1) is 15.8. The topological polar surface area (TPSA) is 89.5 Å². The molecule has 2 aromatic rings. The van der Waals surface area contributed by atoms with E-state index in [0.717, 1.165) is 18.2 Å². The minimum Gasteiger partial charge on any atom is -0.493 e. The molecule has 3 rings (SSSR count). The third-order valence-corrected chi connectivity index (χ3v) is 6.56. The third kappa shape index (κ3) is 5.20. The van der Waals surface area contributed by atoms with Gasteiger partial charge < -0.3 is 28.4 Å². The molecule has 0 unspecified atom stereocenters. The van der Waals surface area contributed by atoms with Crippen molar-refractivity contribution in [2.45, 2.75) is 29.9 Å². The van der Waals surface area contributed by atoms with Crippen molar-refractivity contribution in [2.24, 2.45) is 0 Å². The average molecular weight is 479 g/mol. The lowest BCUT2D eigenvalue weighted by Gasteiger charge is -2.20. The van der Waals surface area contributed by atoms with E-state index >= 15 is 0 Å². The van der Waals surface area contributed by atoms with Crippen LogP contribution in [0.1, 0.15) is 36.2 Å². The maximum Gasteiger partial charge on any atom is 0.203 e. The van der Waals surface area contributed by atoms with Crippen molar-refractivity contribution in [1.29, 1.82) is 0 Å². The Labute approximate surface area is 194 Å². The lowest BCUT2D eigenvalue weighted by molar-refractivity contribution is 0.0435. The van der Waals surface area contributed by atoms with Crippen LogP contribution in [0, 0.1) is 0 Å². The summed E-state index contributed by atoms with van der Waals surface area (Å²) >= 11 is 0. The van der Waals surface area contributed by atoms with Crippen LogP contribution < -0.4 is 23.7 Å². The minimum absolute atomic E-state index is 0.0542. The van der Waals surface area contributed by atoms with E-state index in [1.165, 1.54) is 7.11 Å². The molecule has 0 aliphatic carbocycles. The van der Waals surface area contributed by atoms with Crippen LogP contribution in [-0.2, 0) is 14.6 Å². The summed E-state index contributed by atoms with van der Waals surface area (Å²) in [6.07, 6.45) is 3.56. The zero-order valence-corrected chi connectivity index (χ0v) is 20.4. The van der Waals surface area contributed by atoms with Gasteiger partial charge in [-0.25, -0.2) is 8.42 Å². The summed E-state index contributed by atoms with van der Waals surface area (Å²) < 4.78 is 58.7. The molecule has 180 valence electrons. The van der Waals surface area contributed by atoms with E-state index in [1.807, 2.05) is 12.1 Å². The van der Waals surface area contributed by atoms with Crippen molar-refractivity contribution in [3.8, 4) is 28.7 Å². The number of rotatable bonds is 10. The molecule has 8 nitrogen and oxygen atoms in total. The van der Waals surface area contributed by atoms with Crippen LogP contribution >= 0.6 is 0 Å². The Kier molecular flexibility index (Phi) is 7.76. The SMILES string of the molecule is C=CCOc1c(OC)cc([C@@H]2CC[C@@H](c3cc(OC)c(OC)c(OC)c3)O2)cc1S(C)(=O)=O. The zero-order valence-electron chi connectivity index (χ0n) is 19.5. The Bertz CT molecular complexity index is 1080. The van der Waals surface area contributed by atoms with Gasteiger partial charge in [-0.15, -0.1) is 0 Å². The molecule has 0 N–H and O–H groups in total. The van der Waals surface area contributed by atoms with Gasteiger partial charge in [0.1, 0.15) is 11.5 Å². The molecule has 33 heavy (non-hydrogen) atoms. The largest absolute Gasteiger partial charge is 0.493 e. The van der Waals surface area contributed by atoms with Crippen molar-refractivity contribution in [3.05, 3.63) is 48.0 Å². The molecular formula is C24H30O8S. The first-order valence-corrected chi connectivity index (χ1v) is 12.3. The summed E-state index contributed by atoms with van der Waals surface area (Å²) in [5, 5.41) is 0. The number of benzene rings is 2. The van der Waals surface area contributed by atoms with Gasteiger partial charge >= 0.3 is 0 Å². The Balaban J connectivity index is 1.96. The van der Waals surface area contributed by atoms with Gasteiger partial charge in [0.05, 0.1) is 40.6 Å². The maximum absolute atomic E-state index is 12.5. The lowest BCUT2D eigenvalue weighted by atomic mass is 10.0. The van der Waals surface area contributed by atoms with Crippen LogP contribution in [0.3, 0.4) is 0 Å². The fourth-order valence-electron chi connectivity index (χ4n) is 3.91. The summed E-state index contributed by atoms with van der Waals surface area (Å²) in [5.41, 5.74) is 1.58. The molecule has 2 aromatic carbocycles. The van der Waals surface area contributed by atoms with Gasteiger partial charge in [0.25, 0.3) is 0 Å². The molecule has 0 aromatic heterocycles. The van der Waals surface area contributed by atoms with Gasteiger partial charge in [0.2, 0.25) is 5.75 Å². The Morgan fingerprint density at radius 3 is 1.79 bits per heavy atom.